The summed E-state index contributed by atoms with van der Waals surface area (Å²) < 4.78 is 1.43. The summed E-state index contributed by atoms with van der Waals surface area (Å²) >= 11 is 0. The van der Waals surface area contributed by atoms with Crippen molar-refractivity contribution in [3.63, 3.8) is 0 Å². The highest BCUT2D eigenvalue weighted by Crippen LogP contribution is 2.49. The van der Waals surface area contributed by atoms with Crippen LogP contribution in [-0.4, -0.2) is 26.7 Å². The number of carbonyl (C=O) groups is 1. The number of nitro groups is 1. The molecule has 0 unspecified atom stereocenters. The molecule has 1 heterocycles. The van der Waals surface area contributed by atoms with Gasteiger partial charge < -0.3 is 5.32 Å². The molecule has 7 nitrogen and oxygen atoms in total. The zero-order chi connectivity index (χ0) is 16.7. The van der Waals surface area contributed by atoms with Crippen LogP contribution in [0.5, 0.6) is 0 Å². The Balaban J connectivity index is 1.61. The molecule has 0 saturated heterocycles. The van der Waals surface area contributed by atoms with Crippen molar-refractivity contribution in [3.8, 4) is 0 Å². The highest BCUT2D eigenvalue weighted by Gasteiger charge is 2.42. The summed E-state index contributed by atoms with van der Waals surface area (Å²) in [5.74, 6) is 2.06. The lowest BCUT2D eigenvalue weighted by Gasteiger charge is -2.28. The molecule has 1 aromatic rings. The van der Waals surface area contributed by atoms with Gasteiger partial charge >= 0.3 is 5.69 Å². The Morgan fingerprint density at radius 2 is 2.17 bits per heavy atom. The van der Waals surface area contributed by atoms with Gasteiger partial charge in [-0.25, -0.2) is 0 Å². The molecule has 1 aromatic heterocycles. The first-order valence-electron chi connectivity index (χ1n) is 8.34. The number of hydrogen-bond acceptors (Lipinski definition) is 4. The summed E-state index contributed by atoms with van der Waals surface area (Å²) in [6.07, 6.45) is 5.17. The minimum absolute atomic E-state index is 0.000971. The first-order valence-corrected chi connectivity index (χ1v) is 8.34. The van der Waals surface area contributed by atoms with Gasteiger partial charge in [-0.1, -0.05) is 6.42 Å². The third-order valence-corrected chi connectivity index (χ3v) is 5.64. The highest BCUT2D eigenvalue weighted by molar-refractivity contribution is 5.76. The van der Waals surface area contributed by atoms with E-state index in [0.717, 1.165) is 11.8 Å². The SMILES string of the molecule is Cc1nn(CC(=O)N[C@@H](C)[C@H]2C[C@@H]3CC[C@H]2C3)c(C)c1[N+](=O)[O-]. The minimum atomic E-state index is -0.441. The normalized spacial score (nSPS) is 27.2. The summed E-state index contributed by atoms with van der Waals surface area (Å²) in [7, 11) is 0. The molecule has 2 aliphatic carbocycles. The van der Waals surface area contributed by atoms with Gasteiger partial charge in [0.15, 0.2) is 0 Å². The van der Waals surface area contributed by atoms with Crippen LogP contribution in [0.4, 0.5) is 5.69 Å². The van der Waals surface area contributed by atoms with E-state index in [-0.39, 0.29) is 24.2 Å². The topological polar surface area (TPSA) is 90.1 Å². The van der Waals surface area contributed by atoms with Gasteiger partial charge in [0.25, 0.3) is 0 Å². The Hall–Kier alpha value is -1.92. The maximum absolute atomic E-state index is 12.3. The number of nitrogens with zero attached hydrogens (tertiary/aromatic N) is 3. The maximum atomic E-state index is 12.3. The summed E-state index contributed by atoms with van der Waals surface area (Å²) in [5, 5.41) is 18.2. The molecule has 7 heteroatoms. The number of carbonyl (C=O) groups excluding carboxylic acids is 1. The van der Waals surface area contributed by atoms with Gasteiger partial charge in [0.05, 0.1) is 4.92 Å². The Morgan fingerprint density at radius 1 is 1.43 bits per heavy atom. The van der Waals surface area contributed by atoms with Gasteiger partial charge in [0.1, 0.15) is 17.9 Å². The van der Waals surface area contributed by atoms with E-state index in [9.17, 15) is 14.9 Å². The average molecular weight is 320 g/mol. The number of fused-ring (bicyclic) bond motifs is 2. The van der Waals surface area contributed by atoms with Gasteiger partial charge in [0, 0.05) is 6.04 Å². The van der Waals surface area contributed by atoms with Gasteiger partial charge in [-0.2, -0.15) is 5.10 Å². The van der Waals surface area contributed by atoms with Crippen molar-refractivity contribution in [2.45, 2.75) is 59.0 Å². The van der Waals surface area contributed by atoms with E-state index in [1.807, 2.05) is 0 Å². The molecule has 2 aliphatic rings. The van der Waals surface area contributed by atoms with E-state index >= 15 is 0 Å². The van der Waals surface area contributed by atoms with Crippen molar-refractivity contribution in [2.24, 2.45) is 17.8 Å². The van der Waals surface area contributed by atoms with Crippen molar-refractivity contribution in [3.05, 3.63) is 21.5 Å². The van der Waals surface area contributed by atoms with E-state index in [2.05, 4.69) is 17.3 Å². The van der Waals surface area contributed by atoms with E-state index < -0.39 is 4.92 Å². The third-order valence-electron chi connectivity index (χ3n) is 5.64. The van der Waals surface area contributed by atoms with Gasteiger partial charge in [-0.05, 0) is 57.8 Å². The fourth-order valence-electron chi connectivity index (χ4n) is 4.55. The number of rotatable bonds is 5. The molecule has 0 aromatic carbocycles. The van der Waals surface area contributed by atoms with Crippen LogP contribution < -0.4 is 5.32 Å². The lowest BCUT2D eigenvalue weighted by Crippen LogP contribution is -2.41. The quantitative estimate of drug-likeness (QED) is 0.666. The zero-order valence-corrected chi connectivity index (χ0v) is 13.9. The first kappa shape index (κ1) is 16.0. The second-order valence-corrected chi connectivity index (χ2v) is 7.13. The number of hydrogen-bond donors (Lipinski definition) is 1. The Bertz CT molecular complexity index is 640. The highest BCUT2D eigenvalue weighted by atomic mass is 16.6. The monoisotopic (exact) mass is 320 g/mol. The van der Waals surface area contributed by atoms with Crippen LogP contribution in [0.25, 0.3) is 0 Å². The summed E-state index contributed by atoms with van der Waals surface area (Å²) in [5.41, 5.74) is 0.774. The largest absolute Gasteiger partial charge is 0.352 e. The molecule has 1 N–H and O–H groups in total. The zero-order valence-electron chi connectivity index (χ0n) is 13.9. The summed E-state index contributed by atoms with van der Waals surface area (Å²) in [6, 6.07) is 0.157. The number of nitrogens with one attached hydrogen (secondary N) is 1. The predicted octanol–water partition coefficient (Wildman–Crippen LogP) is 2.35. The van der Waals surface area contributed by atoms with Crippen LogP contribution in [-0.2, 0) is 11.3 Å². The van der Waals surface area contributed by atoms with Crippen molar-refractivity contribution in [2.75, 3.05) is 0 Å². The molecular weight excluding hydrogens is 296 g/mol. The molecule has 0 radical (unpaired) electrons. The maximum Gasteiger partial charge on any atom is 0.312 e. The first-order chi connectivity index (χ1) is 10.9. The minimum Gasteiger partial charge on any atom is -0.352 e. The van der Waals surface area contributed by atoms with Crippen molar-refractivity contribution in [1.29, 1.82) is 0 Å². The van der Waals surface area contributed by atoms with Crippen LogP contribution in [0.3, 0.4) is 0 Å². The van der Waals surface area contributed by atoms with Crippen molar-refractivity contribution >= 4 is 11.6 Å². The Kier molecular flexibility index (Phi) is 4.12. The summed E-state index contributed by atoms with van der Waals surface area (Å²) in [6.45, 7) is 5.33. The fourth-order valence-corrected chi connectivity index (χ4v) is 4.55. The smallest absolute Gasteiger partial charge is 0.312 e. The van der Waals surface area contributed by atoms with Crippen LogP contribution in [0, 0.1) is 41.7 Å². The van der Waals surface area contributed by atoms with E-state index in [1.54, 1.807) is 13.8 Å². The van der Waals surface area contributed by atoms with Crippen LogP contribution in [0.15, 0.2) is 0 Å². The van der Waals surface area contributed by atoms with E-state index in [4.69, 9.17) is 0 Å². The molecular formula is C16H24N4O3. The standard InChI is InChI=1S/C16H24N4O3/c1-9(14-7-12-4-5-13(14)6-12)17-15(21)8-19-11(3)16(20(22)23)10(2)18-19/h9,12-14H,4-8H2,1-3H3,(H,17,21)/t9-,12+,13-,14+/m0/s1. The van der Waals surface area contributed by atoms with Crippen molar-refractivity contribution < 1.29 is 9.72 Å². The number of aromatic nitrogens is 2. The lowest BCUT2D eigenvalue weighted by molar-refractivity contribution is -0.386. The molecule has 2 saturated carbocycles. The molecule has 0 spiro atoms. The Morgan fingerprint density at radius 3 is 2.70 bits per heavy atom. The number of amides is 1. The van der Waals surface area contributed by atoms with Gasteiger partial charge in [-0.3, -0.25) is 19.6 Å². The molecule has 4 atom stereocenters. The van der Waals surface area contributed by atoms with Crippen LogP contribution in [0.1, 0.15) is 44.0 Å². The van der Waals surface area contributed by atoms with Gasteiger partial charge in [-0.15, -0.1) is 0 Å². The van der Waals surface area contributed by atoms with E-state index in [0.29, 0.717) is 17.3 Å². The molecule has 23 heavy (non-hydrogen) atoms. The molecule has 126 valence electrons. The van der Waals surface area contributed by atoms with Gasteiger partial charge in [0.2, 0.25) is 5.91 Å². The molecule has 3 rings (SSSR count). The average Bonchev–Trinajstić information content (AvgIpc) is 3.14. The van der Waals surface area contributed by atoms with E-state index in [1.165, 1.54) is 30.4 Å². The molecule has 2 bridgehead atoms. The molecule has 1 amide bonds. The number of aryl methyl sites for hydroxylation is 1. The van der Waals surface area contributed by atoms with Crippen molar-refractivity contribution in [1.82, 2.24) is 15.1 Å². The summed E-state index contributed by atoms with van der Waals surface area (Å²) in [4.78, 5) is 22.9. The van der Waals surface area contributed by atoms with Crippen LogP contribution in [0.2, 0.25) is 0 Å². The van der Waals surface area contributed by atoms with Crippen LogP contribution >= 0.6 is 0 Å². The molecule has 0 aliphatic heterocycles. The second-order valence-electron chi connectivity index (χ2n) is 7.13. The molecule has 2 fully saturated rings. The lowest BCUT2D eigenvalue weighted by atomic mass is 9.84. The third kappa shape index (κ3) is 2.96. The predicted molar refractivity (Wildman–Crippen MR) is 84.9 cm³/mol. The fraction of sp³-hybridized carbons (Fsp3) is 0.750. The second kappa shape index (κ2) is 5.94. The Labute approximate surface area is 135 Å².